The lowest BCUT2D eigenvalue weighted by Gasteiger charge is -2.29. The monoisotopic (exact) mass is 333 g/mol. The Kier molecular flexibility index (Phi) is 5.01. The molecule has 0 fully saturated rings. The molecule has 1 aromatic carbocycles. The number of carbonyl (C=O) groups is 2. The van der Waals surface area contributed by atoms with Gasteiger partial charge in [-0.05, 0) is 32.0 Å². The van der Waals surface area contributed by atoms with Crippen LogP contribution in [0, 0.1) is 0 Å². The van der Waals surface area contributed by atoms with Gasteiger partial charge in [0.1, 0.15) is 11.3 Å². The van der Waals surface area contributed by atoms with E-state index >= 15 is 0 Å². The Morgan fingerprint density at radius 1 is 1.33 bits per heavy atom. The third kappa shape index (κ3) is 3.95. The maximum Gasteiger partial charge on any atom is 0.323 e. The average molecular weight is 334 g/mol. The number of benzene rings is 1. The third-order valence-corrected chi connectivity index (χ3v) is 5.36. The molecule has 116 valence electrons. The number of rotatable bonds is 5. The van der Waals surface area contributed by atoms with E-state index in [-0.39, 0.29) is 5.69 Å². The van der Waals surface area contributed by atoms with Crippen LogP contribution in [0.1, 0.15) is 13.8 Å². The number of hydrogen-bond donors (Lipinski definition) is 1. The summed E-state index contributed by atoms with van der Waals surface area (Å²) >= 11 is 5.83. The highest BCUT2D eigenvalue weighted by molar-refractivity contribution is 7.92. The molecule has 1 N–H and O–H groups in total. The molecule has 0 saturated carbocycles. The van der Waals surface area contributed by atoms with Crippen LogP contribution in [0.3, 0.4) is 0 Å². The number of sulfone groups is 1. The van der Waals surface area contributed by atoms with Crippen molar-refractivity contribution in [1.29, 1.82) is 0 Å². The number of amides is 1. The summed E-state index contributed by atoms with van der Waals surface area (Å²) < 4.78 is 21.8. The zero-order valence-corrected chi connectivity index (χ0v) is 13.4. The van der Waals surface area contributed by atoms with E-state index < -0.39 is 33.0 Å². The molecule has 0 aromatic heterocycles. The van der Waals surface area contributed by atoms with Gasteiger partial charge < -0.3 is 5.11 Å². The molecule has 8 heteroatoms. The fourth-order valence-corrected chi connectivity index (χ4v) is 2.16. The number of hydrogen-bond acceptors (Lipinski definition) is 4. The fourth-order valence-electron chi connectivity index (χ4n) is 1.54. The van der Waals surface area contributed by atoms with E-state index in [1.807, 2.05) is 0 Å². The quantitative estimate of drug-likeness (QED) is 0.883. The van der Waals surface area contributed by atoms with Crippen LogP contribution in [0.4, 0.5) is 5.69 Å². The molecule has 0 aliphatic carbocycles. The van der Waals surface area contributed by atoms with Crippen LogP contribution in [0.5, 0.6) is 0 Å². The van der Waals surface area contributed by atoms with Gasteiger partial charge in [0.25, 0.3) is 0 Å². The zero-order chi connectivity index (χ0) is 16.4. The Labute approximate surface area is 128 Å². The number of carboxylic acid groups (broad SMARTS) is 1. The molecule has 0 spiro atoms. The molecule has 0 saturated heterocycles. The Hall–Kier alpha value is -1.60. The van der Waals surface area contributed by atoms with Gasteiger partial charge in [0.15, 0.2) is 9.84 Å². The number of nitrogens with zero attached hydrogens (tertiary/aromatic N) is 1. The number of anilines is 1. The highest BCUT2D eigenvalue weighted by atomic mass is 35.5. The van der Waals surface area contributed by atoms with Crippen LogP contribution in [0.15, 0.2) is 24.3 Å². The maximum atomic E-state index is 12.5. The second-order valence-electron chi connectivity index (χ2n) is 5.05. The Balaban J connectivity index is 3.33. The summed E-state index contributed by atoms with van der Waals surface area (Å²) in [4.78, 5) is 24.4. The van der Waals surface area contributed by atoms with Crippen molar-refractivity contribution in [1.82, 2.24) is 0 Å². The van der Waals surface area contributed by atoms with E-state index in [1.165, 1.54) is 26.0 Å². The van der Waals surface area contributed by atoms with Crippen molar-refractivity contribution < 1.29 is 23.1 Å². The normalized spacial score (nSPS) is 12.0. The van der Waals surface area contributed by atoms with Crippen molar-refractivity contribution in [3.05, 3.63) is 29.3 Å². The fraction of sp³-hybridized carbons (Fsp3) is 0.385. The minimum Gasteiger partial charge on any atom is -0.480 e. The first-order chi connectivity index (χ1) is 9.46. The predicted molar refractivity (Wildman–Crippen MR) is 80.4 cm³/mol. The molecule has 0 atom stereocenters. The van der Waals surface area contributed by atoms with Crippen molar-refractivity contribution in [3.63, 3.8) is 0 Å². The van der Waals surface area contributed by atoms with Crippen LogP contribution < -0.4 is 4.90 Å². The van der Waals surface area contributed by atoms with E-state index in [9.17, 15) is 18.0 Å². The molecule has 21 heavy (non-hydrogen) atoms. The molecule has 0 unspecified atom stereocenters. The largest absolute Gasteiger partial charge is 0.480 e. The Morgan fingerprint density at radius 2 is 1.90 bits per heavy atom. The lowest BCUT2D eigenvalue weighted by atomic mass is 10.1. The highest BCUT2D eigenvalue weighted by Gasteiger charge is 2.42. The minimum atomic E-state index is -3.72. The molecule has 0 radical (unpaired) electrons. The molecule has 1 amide bonds. The lowest BCUT2D eigenvalue weighted by Crippen LogP contribution is -2.51. The summed E-state index contributed by atoms with van der Waals surface area (Å²) in [7, 11) is -3.72. The van der Waals surface area contributed by atoms with Crippen LogP contribution in [-0.4, -0.2) is 42.9 Å². The summed E-state index contributed by atoms with van der Waals surface area (Å²) in [5.74, 6) is -2.08. The van der Waals surface area contributed by atoms with Crippen molar-refractivity contribution >= 4 is 39.0 Å². The van der Waals surface area contributed by atoms with Gasteiger partial charge in [0.05, 0.1) is 0 Å². The van der Waals surface area contributed by atoms with Crippen LogP contribution in [0.25, 0.3) is 0 Å². The van der Waals surface area contributed by atoms with Gasteiger partial charge in [-0.1, -0.05) is 17.7 Å². The minimum absolute atomic E-state index is 0.228. The SMILES string of the molecule is CC(C)(C(=O)N(CC(=O)O)c1cccc(Cl)c1)S(C)(=O)=O. The van der Waals surface area contributed by atoms with E-state index in [2.05, 4.69) is 0 Å². The first-order valence-corrected chi connectivity index (χ1v) is 8.22. The second kappa shape index (κ2) is 6.03. The summed E-state index contributed by atoms with van der Waals surface area (Å²) in [5.41, 5.74) is 0.228. The smallest absolute Gasteiger partial charge is 0.323 e. The third-order valence-electron chi connectivity index (χ3n) is 3.10. The standard InChI is InChI=1S/C13H16ClNO5S/c1-13(2,21(3,19)20)12(18)15(8-11(16)17)10-6-4-5-9(14)7-10/h4-7H,8H2,1-3H3,(H,16,17). The summed E-state index contributed by atoms with van der Waals surface area (Å²) in [6, 6.07) is 6.01. The number of carbonyl (C=O) groups excluding carboxylic acids is 1. The van der Waals surface area contributed by atoms with E-state index in [4.69, 9.17) is 16.7 Å². The van der Waals surface area contributed by atoms with Gasteiger partial charge >= 0.3 is 5.97 Å². The van der Waals surface area contributed by atoms with Crippen molar-refractivity contribution in [2.24, 2.45) is 0 Å². The van der Waals surface area contributed by atoms with E-state index in [0.29, 0.717) is 5.02 Å². The van der Waals surface area contributed by atoms with Crippen LogP contribution >= 0.6 is 11.6 Å². The van der Waals surface area contributed by atoms with Crippen molar-refractivity contribution in [2.45, 2.75) is 18.6 Å². The van der Waals surface area contributed by atoms with Gasteiger partial charge in [0, 0.05) is 17.0 Å². The van der Waals surface area contributed by atoms with Crippen LogP contribution in [0.2, 0.25) is 5.02 Å². The first-order valence-electron chi connectivity index (χ1n) is 5.95. The highest BCUT2D eigenvalue weighted by Crippen LogP contribution is 2.25. The Morgan fingerprint density at radius 3 is 2.33 bits per heavy atom. The van der Waals surface area contributed by atoms with Gasteiger partial charge in [-0.2, -0.15) is 0 Å². The van der Waals surface area contributed by atoms with Gasteiger partial charge in [-0.15, -0.1) is 0 Å². The molecule has 0 heterocycles. The second-order valence-corrected chi connectivity index (χ2v) is 8.05. The molecule has 1 aromatic rings. The molecule has 0 bridgehead atoms. The maximum absolute atomic E-state index is 12.5. The van der Waals surface area contributed by atoms with Gasteiger partial charge in [-0.25, -0.2) is 8.42 Å². The molecular weight excluding hydrogens is 318 g/mol. The van der Waals surface area contributed by atoms with E-state index in [0.717, 1.165) is 11.2 Å². The number of carboxylic acids is 1. The van der Waals surface area contributed by atoms with Crippen molar-refractivity contribution in [2.75, 3.05) is 17.7 Å². The topological polar surface area (TPSA) is 91.8 Å². The van der Waals surface area contributed by atoms with Gasteiger partial charge in [-0.3, -0.25) is 14.5 Å². The average Bonchev–Trinajstić information content (AvgIpc) is 2.33. The van der Waals surface area contributed by atoms with Gasteiger partial charge in [0.2, 0.25) is 5.91 Å². The summed E-state index contributed by atoms with van der Waals surface area (Å²) in [6.07, 6.45) is 0.932. The lowest BCUT2D eigenvalue weighted by molar-refractivity contribution is -0.136. The molecular formula is C13H16ClNO5S. The number of aliphatic carboxylic acids is 1. The molecule has 6 nitrogen and oxygen atoms in total. The Bertz CT molecular complexity index is 669. The molecule has 0 aliphatic heterocycles. The molecule has 0 aliphatic rings. The first kappa shape index (κ1) is 17.5. The van der Waals surface area contributed by atoms with Crippen molar-refractivity contribution in [3.8, 4) is 0 Å². The predicted octanol–water partition coefficient (Wildman–Crippen LogP) is 1.58. The van der Waals surface area contributed by atoms with Crippen LogP contribution in [-0.2, 0) is 19.4 Å². The zero-order valence-electron chi connectivity index (χ0n) is 11.8. The number of halogens is 1. The van der Waals surface area contributed by atoms with E-state index in [1.54, 1.807) is 12.1 Å². The summed E-state index contributed by atoms with van der Waals surface area (Å²) in [5, 5.41) is 9.27. The summed E-state index contributed by atoms with van der Waals surface area (Å²) in [6.45, 7) is 1.83. The molecule has 1 rings (SSSR count).